The minimum absolute atomic E-state index is 0.0439. The van der Waals surface area contributed by atoms with Gasteiger partial charge < -0.3 is 19.9 Å². The Bertz CT molecular complexity index is 1590. The number of amides is 1. The fraction of sp³-hybridized carbons (Fsp3) is 0.375. The van der Waals surface area contributed by atoms with Crippen LogP contribution < -0.4 is 14.8 Å². The van der Waals surface area contributed by atoms with E-state index in [9.17, 15) is 23.1 Å². The van der Waals surface area contributed by atoms with Gasteiger partial charge in [-0.1, -0.05) is 30.3 Å². The number of hydrogen-bond donors (Lipinski definition) is 2. The second-order valence-corrected chi connectivity index (χ2v) is 12.1. The molecule has 0 bridgehead atoms. The molecule has 10 heteroatoms. The zero-order valence-electron chi connectivity index (χ0n) is 23.3. The Hall–Kier alpha value is -4.05. The van der Waals surface area contributed by atoms with Crippen LogP contribution in [0.5, 0.6) is 11.5 Å². The molecule has 4 aromatic rings. The lowest BCUT2D eigenvalue weighted by atomic mass is 9.53. The van der Waals surface area contributed by atoms with Gasteiger partial charge in [0.15, 0.2) is 0 Å². The summed E-state index contributed by atoms with van der Waals surface area (Å²) in [7, 11) is 0. The van der Waals surface area contributed by atoms with Crippen molar-refractivity contribution in [3.63, 3.8) is 0 Å². The predicted molar refractivity (Wildman–Crippen MR) is 150 cm³/mol. The van der Waals surface area contributed by atoms with Gasteiger partial charge in [0, 0.05) is 6.04 Å². The van der Waals surface area contributed by atoms with Crippen LogP contribution in [-0.2, 0) is 6.18 Å². The lowest BCUT2D eigenvalue weighted by molar-refractivity contribution is -0.137. The summed E-state index contributed by atoms with van der Waals surface area (Å²) in [6, 6.07) is 15.9. The van der Waals surface area contributed by atoms with E-state index >= 15 is 0 Å². The molecule has 2 aromatic carbocycles. The number of carbonyl (C=O) groups is 1. The summed E-state index contributed by atoms with van der Waals surface area (Å²) in [6.07, 6.45) is 2.35. The second-order valence-electron chi connectivity index (χ2n) is 12.1. The average molecular weight is 580 g/mol. The lowest BCUT2D eigenvalue weighted by Gasteiger charge is -2.57. The first-order chi connectivity index (χ1) is 19.9. The topological polar surface area (TPSA) is 85.1 Å². The number of rotatable bonds is 8. The van der Waals surface area contributed by atoms with E-state index in [4.69, 9.17) is 9.47 Å². The molecule has 42 heavy (non-hydrogen) atoms. The molecule has 0 radical (unpaired) electrons. The molecule has 1 amide bonds. The molecule has 0 unspecified atom stereocenters. The van der Waals surface area contributed by atoms with E-state index in [2.05, 4.69) is 10.4 Å². The van der Waals surface area contributed by atoms with Gasteiger partial charge in [-0.25, -0.2) is 4.52 Å². The van der Waals surface area contributed by atoms with Crippen LogP contribution in [0.15, 0.2) is 73.1 Å². The zero-order chi connectivity index (χ0) is 29.7. The van der Waals surface area contributed by atoms with Gasteiger partial charge in [-0.15, -0.1) is 0 Å². The van der Waals surface area contributed by atoms with Crippen LogP contribution in [0.1, 0.15) is 55.5 Å². The molecule has 1 spiro atoms. The molecular weight excluding hydrogens is 547 g/mol. The van der Waals surface area contributed by atoms with Gasteiger partial charge >= 0.3 is 6.18 Å². The van der Waals surface area contributed by atoms with Crippen molar-refractivity contribution < 1.29 is 32.5 Å². The quantitative estimate of drug-likeness (QED) is 0.256. The van der Waals surface area contributed by atoms with Crippen LogP contribution >= 0.6 is 0 Å². The molecule has 2 heterocycles. The van der Waals surface area contributed by atoms with E-state index < -0.39 is 17.3 Å². The molecule has 220 valence electrons. The van der Waals surface area contributed by atoms with Gasteiger partial charge in [-0.3, -0.25) is 4.79 Å². The molecule has 0 atom stereocenters. The molecule has 2 N–H and O–H groups in total. The Morgan fingerprint density at radius 3 is 2.40 bits per heavy atom. The Kier molecular flexibility index (Phi) is 6.92. The average Bonchev–Trinajstić information content (AvgIpc) is 3.32. The summed E-state index contributed by atoms with van der Waals surface area (Å²) in [5, 5.41) is 17.3. The molecule has 2 aromatic heterocycles. The number of carbonyl (C=O) groups excluding carboxylic acids is 1. The number of ether oxygens (including phenoxy) is 2. The van der Waals surface area contributed by atoms with Crippen molar-refractivity contribution in [1.82, 2.24) is 14.9 Å². The van der Waals surface area contributed by atoms with E-state index in [0.29, 0.717) is 28.1 Å². The first kappa shape index (κ1) is 28.1. The first-order valence-corrected chi connectivity index (χ1v) is 13.9. The summed E-state index contributed by atoms with van der Waals surface area (Å²) in [6.45, 7) is 3.46. The van der Waals surface area contributed by atoms with Gasteiger partial charge in [0.25, 0.3) is 5.91 Å². The Labute approximate surface area is 241 Å². The number of pyridine rings is 1. The maximum atomic E-state index is 13.4. The van der Waals surface area contributed by atoms with E-state index in [0.717, 1.165) is 31.7 Å². The van der Waals surface area contributed by atoms with Gasteiger partial charge in [0.1, 0.15) is 18.1 Å². The van der Waals surface area contributed by atoms with Crippen molar-refractivity contribution >= 4 is 11.4 Å². The van der Waals surface area contributed by atoms with Crippen molar-refractivity contribution in [2.24, 2.45) is 5.41 Å². The lowest BCUT2D eigenvalue weighted by Crippen LogP contribution is -2.58. The number of nitrogens with one attached hydrogen (secondary N) is 1. The summed E-state index contributed by atoms with van der Waals surface area (Å²) < 4.78 is 53.5. The van der Waals surface area contributed by atoms with Crippen LogP contribution in [0.3, 0.4) is 0 Å². The molecule has 2 fully saturated rings. The number of aromatic nitrogens is 2. The van der Waals surface area contributed by atoms with Crippen LogP contribution in [0.2, 0.25) is 0 Å². The molecule has 6 rings (SSSR count). The number of fused-ring (bicyclic) bond motifs is 1. The van der Waals surface area contributed by atoms with Crippen molar-refractivity contribution in [1.29, 1.82) is 0 Å². The number of hydrogen-bond acceptors (Lipinski definition) is 5. The van der Waals surface area contributed by atoms with Crippen molar-refractivity contribution in [3.8, 4) is 22.6 Å². The van der Waals surface area contributed by atoms with Crippen molar-refractivity contribution in [2.45, 2.75) is 63.5 Å². The smallest absolute Gasteiger partial charge is 0.417 e. The third-order valence-electron chi connectivity index (χ3n) is 8.04. The Morgan fingerprint density at radius 1 is 1.02 bits per heavy atom. The predicted octanol–water partition coefficient (Wildman–Crippen LogP) is 6.29. The van der Waals surface area contributed by atoms with Crippen LogP contribution in [-0.4, -0.2) is 45.0 Å². The molecule has 2 saturated carbocycles. The maximum Gasteiger partial charge on any atom is 0.417 e. The van der Waals surface area contributed by atoms with Crippen molar-refractivity contribution in [2.75, 3.05) is 6.61 Å². The second kappa shape index (κ2) is 10.3. The standard InChI is InChI=1S/C32H32F3N3O4/c1-30(2,40)19-41-23-11-12-28-26(17-36-38(28)18-23)29(39)37-21-13-31(14-21)15-24(16-31)42-22-9-7-20(8-10-22)25-5-3-4-6-27(25)32(33,34)35/h3-12,17-18,21,24,40H,13-16,19H2,1-2H3,(H,37,39). The number of nitrogens with zero attached hydrogens (tertiary/aromatic N) is 2. The van der Waals surface area contributed by atoms with E-state index in [1.165, 1.54) is 12.1 Å². The highest BCUT2D eigenvalue weighted by Crippen LogP contribution is 2.57. The molecule has 2 aliphatic rings. The normalized spacial score (nSPS) is 22.0. The number of halogens is 3. The summed E-state index contributed by atoms with van der Waals surface area (Å²) in [5.41, 5.74) is 0.328. The highest BCUT2D eigenvalue weighted by Gasteiger charge is 2.54. The van der Waals surface area contributed by atoms with Crippen LogP contribution in [0.4, 0.5) is 13.2 Å². The largest absolute Gasteiger partial charge is 0.490 e. The SMILES string of the molecule is CC(C)(O)COc1ccc2c(C(=O)NC3CC4(C3)CC(Oc3ccc(-c5ccccc5C(F)(F)F)cc3)C4)cnn2c1. The minimum Gasteiger partial charge on any atom is -0.490 e. The summed E-state index contributed by atoms with van der Waals surface area (Å²) >= 11 is 0. The van der Waals surface area contributed by atoms with E-state index in [1.807, 2.05) is 0 Å². The fourth-order valence-electron chi connectivity index (χ4n) is 6.05. The molecule has 0 saturated heterocycles. The fourth-order valence-corrected chi connectivity index (χ4v) is 6.05. The highest BCUT2D eigenvalue weighted by molar-refractivity contribution is 6.00. The third kappa shape index (κ3) is 5.81. The first-order valence-electron chi connectivity index (χ1n) is 13.9. The molecule has 7 nitrogen and oxygen atoms in total. The van der Waals surface area contributed by atoms with Gasteiger partial charge in [0.05, 0.1) is 40.7 Å². The van der Waals surface area contributed by atoms with Crippen molar-refractivity contribution in [3.05, 3.63) is 84.2 Å². The van der Waals surface area contributed by atoms with E-state index in [-0.39, 0.29) is 35.6 Å². The van der Waals surface area contributed by atoms with E-state index in [1.54, 1.807) is 73.2 Å². The van der Waals surface area contributed by atoms with Crippen LogP contribution in [0, 0.1) is 5.41 Å². The summed E-state index contributed by atoms with van der Waals surface area (Å²) in [5.74, 6) is 1.01. The molecule has 0 aliphatic heterocycles. The van der Waals surface area contributed by atoms with Crippen LogP contribution in [0.25, 0.3) is 16.6 Å². The number of alkyl halides is 3. The Morgan fingerprint density at radius 2 is 1.71 bits per heavy atom. The zero-order valence-corrected chi connectivity index (χ0v) is 23.3. The molecular formula is C32H32F3N3O4. The van der Waals surface area contributed by atoms with Gasteiger partial charge in [-0.05, 0) is 86.4 Å². The van der Waals surface area contributed by atoms with Gasteiger partial charge in [0.2, 0.25) is 0 Å². The number of benzene rings is 2. The van der Waals surface area contributed by atoms with Gasteiger partial charge in [-0.2, -0.15) is 18.3 Å². The molecule has 2 aliphatic carbocycles. The monoisotopic (exact) mass is 579 g/mol. The highest BCUT2D eigenvalue weighted by atomic mass is 19.4. The summed E-state index contributed by atoms with van der Waals surface area (Å²) in [4.78, 5) is 13.0. The minimum atomic E-state index is -4.42. The number of aliphatic hydroxyl groups is 1. The Balaban J connectivity index is 0.988. The third-order valence-corrected chi connectivity index (χ3v) is 8.04. The maximum absolute atomic E-state index is 13.4.